The Morgan fingerprint density at radius 3 is 0.889 bits per heavy atom. The summed E-state index contributed by atoms with van der Waals surface area (Å²) in [4.78, 5) is 0. The van der Waals surface area contributed by atoms with Crippen LogP contribution in [0, 0.1) is 0 Å². The summed E-state index contributed by atoms with van der Waals surface area (Å²) in [6, 6.07) is 0. The van der Waals surface area contributed by atoms with Crippen molar-refractivity contribution in [2.45, 2.75) is 96.8 Å². The Kier molecular flexibility index (Phi) is 73.1. The van der Waals surface area contributed by atoms with Crippen LogP contribution in [-0.2, 0) is 0 Å². The Balaban J connectivity index is -0.0000000860. The maximum absolute atomic E-state index is 2.29. The van der Waals surface area contributed by atoms with Crippen LogP contribution in [0.15, 0.2) is 0 Å². The highest BCUT2D eigenvalue weighted by molar-refractivity contribution is 8.93. The Morgan fingerprint density at radius 2 is 0.667 bits per heavy atom. The first-order valence-corrected chi connectivity index (χ1v) is 9.36. The van der Waals surface area contributed by atoms with E-state index in [1.54, 1.807) is 0 Å². The van der Waals surface area contributed by atoms with Crippen molar-refractivity contribution < 1.29 is 21.5 Å². The van der Waals surface area contributed by atoms with Crippen LogP contribution in [0.3, 0.4) is 0 Å². The SMILES string of the molecule is Br.Br.Br.CCCCCCCCCCCCCCCC[N+](C)(C)C.N.N.N.[Br-]. The summed E-state index contributed by atoms with van der Waals surface area (Å²) in [5, 5.41) is 0. The number of hydrogen-bond donors (Lipinski definition) is 3. The smallest absolute Gasteiger partial charge is 0.0780 e. The lowest BCUT2D eigenvalue weighted by Gasteiger charge is -2.23. The molecule has 0 unspecified atom stereocenters. The summed E-state index contributed by atoms with van der Waals surface area (Å²) in [6.45, 7) is 3.63. The van der Waals surface area contributed by atoms with Crippen LogP contribution in [0.1, 0.15) is 96.8 Å². The van der Waals surface area contributed by atoms with Gasteiger partial charge in [-0.2, -0.15) is 0 Å². The van der Waals surface area contributed by atoms with Crippen molar-refractivity contribution >= 4 is 50.9 Å². The molecule has 0 saturated carbocycles. The molecule has 0 aromatic carbocycles. The molecule has 4 nitrogen and oxygen atoms in total. The number of quaternary nitrogens is 1. The fourth-order valence-corrected chi connectivity index (χ4v) is 2.78. The predicted octanol–water partition coefficient (Wildman–Crippen LogP) is 5.40. The number of halogens is 4. The first kappa shape index (κ1) is 51.4. The van der Waals surface area contributed by atoms with Crippen molar-refractivity contribution in [3.8, 4) is 0 Å². The summed E-state index contributed by atoms with van der Waals surface area (Å²) in [6.07, 6.45) is 20.4. The van der Waals surface area contributed by atoms with Gasteiger partial charge in [-0.1, -0.05) is 84.0 Å². The molecule has 0 aromatic rings. The molecule has 0 fully saturated rings. The number of nitrogens with zero attached hydrogens (tertiary/aromatic N) is 1. The molecule has 0 radical (unpaired) electrons. The second-order valence-electron chi connectivity index (χ2n) is 7.61. The van der Waals surface area contributed by atoms with Crippen LogP contribution in [0.5, 0.6) is 0 Å². The third-order valence-electron chi connectivity index (χ3n) is 4.18. The van der Waals surface area contributed by atoms with Crippen LogP contribution in [0.4, 0.5) is 0 Å². The van der Waals surface area contributed by atoms with Crippen molar-refractivity contribution in [2.24, 2.45) is 0 Å². The minimum absolute atomic E-state index is 0. The third-order valence-corrected chi connectivity index (χ3v) is 4.18. The van der Waals surface area contributed by atoms with Crippen LogP contribution in [0.25, 0.3) is 0 Å². The minimum atomic E-state index is 0. The largest absolute Gasteiger partial charge is 1.00 e. The highest BCUT2D eigenvalue weighted by Crippen LogP contribution is 2.13. The molecule has 0 spiro atoms. The lowest BCUT2D eigenvalue weighted by Crippen LogP contribution is -3.00. The van der Waals surface area contributed by atoms with Crippen molar-refractivity contribution in [2.75, 3.05) is 27.7 Å². The molecular formula is C19H54Br4N4. The Morgan fingerprint density at radius 1 is 0.444 bits per heavy atom. The van der Waals surface area contributed by atoms with Crippen LogP contribution >= 0.6 is 50.9 Å². The molecule has 27 heavy (non-hydrogen) atoms. The van der Waals surface area contributed by atoms with Crippen LogP contribution < -0.4 is 35.4 Å². The minimum Gasteiger partial charge on any atom is -1.00 e. The molecule has 0 heterocycles. The summed E-state index contributed by atoms with van der Waals surface area (Å²) < 4.78 is 1.12. The lowest BCUT2D eigenvalue weighted by atomic mass is 10.0. The van der Waals surface area contributed by atoms with E-state index >= 15 is 0 Å². The van der Waals surface area contributed by atoms with Crippen LogP contribution in [-0.4, -0.2) is 32.2 Å². The van der Waals surface area contributed by atoms with Crippen molar-refractivity contribution in [1.82, 2.24) is 18.5 Å². The summed E-state index contributed by atoms with van der Waals surface area (Å²) in [5.41, 5.74) is 0. The van der Waals surface area contributed by atoms with E-state index in [4.69, 9.17) is 0 Å². The van der Waals surface area contributed by atoms with Crippen molar-refractivity contribution in [3.05, 3.63) is 0 Å². The van der Waals surface area contributed by atoms with Gasteiger partial charge < -0.3 is 39.9 Å². The number of rotatable bonds is 15. The van der Waals surface area contributed by atoms with E-state index in [0.717, 1.165) is 4.48 Å². The molecule has 0 aliphatic rings. The van der Waals surface area contributed by atoms with Gasteiger partial charge in [0.2, 0.25) is 0 Å². The second kappa shape index (κ2) is 38.4. The maximum Gasteiger partial charge on any atom is 0.0780 e. The molecule has 0 saturated heterocycles. The standard InChI is InChI=1S/C19H42N.4BrH.3H3N/c1-5-6-7-8-9-10-11-12-13-14-15-16-17-18-19-20(2,3)4;;;;;;;/h5-19H2,1-4H3;4*1H;3*1H3/q+1;;;;;;;/p-1. The average molecular weight is 658 g/mol. The lowest BCUT2D eigenvalue weighted by molar-refractivity contribution is -0.870. The first-order chi connectivity index (χ1) is 9.56. The van der Waals surface area contributed by atoms with E-state index in [-0.39, 0.29) is 86.4 Å². The Bertz CT molecular complexity index is 207. The zero-order valence-corrected chi connectivity index (χ0v) is 25.5. The monoisotopic (exact) mass is 654 g/mol. The van der Waals surface area contributed by atoms with Gasteiger partial charge in [0.15, 0.2) is 0 Å². The molecule has 0 amide bonds. The Labute approximate surface area is 214 Å². The van der Waals surface area contributed by atoms with Gasteiger partial charge in [0.05, 0.1) is 27.7 Å². The van der Waals surface area contributed by atoms with E-state index in [1.165, 1.54) is 96.4 Å². The van der Waals surface area contributed by atoms with Gasteiger partial charge in [0.25, 0.3) is 0 Å². The number of hydrogen-bond acceptors (Lipinski definition) is 3. The number of unbranched alkanes of at least 4 members (excludes halogenated alkanes) is 13. The van der Waals surface area contributed by atoms with E-state index < -0.39 is 0 Å². The van der Waals surface area contributed by atoms with E-state index in [0.29, 0.717) is 0 Å². The highest BCUT2D eigenvalue weighted by atomic mass is 79.9. The van der Waals surface area contributed by atoms with E-state index in [2.05, 4.69) is 28.1 Å². The van der Waals surface area contributed by atoms with Gasteiger partial charge in [-0.3, -0.25) is 0 Å². The fourth-order valence-electron chi connectivity index (χ4n) is 2.78. The van der Waals surface area contributed by atoms with Gasteiger partial charge in [-0.25, -0.2) is 0 Å². The quantitative estimate of drug-likeness (QED) is 0.162. The molecule has 0 aliphatic heterocycles. The molecule has 0 bridgehead atoms. The second-order valence-corrected chi connectivity index (χ2v) is 7.61. The van der Waals surface area contributed by atoms with Gasteiger partial charge in [0.1, 0.15) is 0 Å². The van der Waals surface area contributed by atoms with Crippen molar-refractivity contribution in [3.63, 3.8) is 0 Å². The Hall–Kier alpha value is 1.76. The molecule has 9 N–H and O–H groups in total. The predicted molar refractivity (Wildman–Crippen MR) is 139 cm³/mol. The molecule has 178 valence electrons. The van der Waals surface area contributed by atoms with Crippen molar-refractivity contribution in [1.29, 1.82) is 0 Å². The molecule has 0 rings (SSSR count). The zero-order chi connectivity index (χ0) is 15.1. The van der Waals surface area contributed by atoms with E-state index in [9.17, 15) is 0 Å². The normalized spacial score (nSPS) is 8.89. The van der Waals surface area contributed by atoms with Gasteiger partial charge in [0, 0.05) is 0 Å². The zero-order valence-electron chi connectivity index (χ0n) is 18.8. The van der Waals surface area contributed by atoms with Gasteiger partial charge >= 0.3 is 0 Å². The summed E-state index contributed by atoms with van der Waals surface area (Å²) >= 11 is 0. The first-order valence-electron chi connectivity index (χ1n) is 9.36. The topological polar surface area (TPSA) is 105 Å². The fraction of sp³-hybridized carbons (Fsp3) is 1.00. The van der Waals surface area contributed by atoms with E-state index in [1.807, 2.05) is 0 Å². The average Bonchev–Trinajstić information content (AvgIpc) is 2.38. The molecule has 0 aliphatic carbocycles. The molecule has 0 aromatic heterocycles. The highest BCUT2D eigenvalue weighted by Gasteiger charge is 2.04. The van der Waals surface area contributed by atoms with Crippen LogP contribution in [0.2, 0.25) is 0 Å². The molecule has 0 atom stereocenters. The van der Waals surface area contributed by atoms with Gasteiger partial charge in [-0.05, 0) is 12.8 Å². The summed E-state index contributed by atoms with van der Waals surface area (Å²) in [5.74, 6) is 0. The third kappa shape index (κ3) is 52.3. The molecular weight excluding hydrogens is 604 g/mol. The maximum atomic E-state index is 2.29. The van der Waals surface area contributed by atoms with Gasteiger partial charge in [-0.15, -0.1) is 50.9 Å². The molecule has 8 heteroatoms. The summed E-state index contributed by atoms with van der Waals surface area (Å²) in [7, 11) is 6.88.